The molecule has 2 aliphatic heterocycles. The zero-order valence-corrected chi connectivity index (χ0v) is 11.4. The van der Waals surface area contributed by atoms with Crippen molar-refractivity contribution in [1.29, 1.82) is 0 Å². The average Bonchev–Trinajstić information content (AvgIpc) is 3.01. The lowest BCUT2D eigenvalue weighted by Gasteiger charge is -2.33. The van der Waals surface area contributed by atoms with Crippen LogP contribution in [0.2, 0.25) is 5.02 Å². The van der Waals surface area contributed by atoms with Gasteiger partial charge in [0.15, 0.2) is 0 Å². The number of nitrogens with zero attached hydrogens (tertiary/aromatic N) is 2. The molecule has 5 heteroatoms. The normalized spacial score (nSPS) is 23.9. The first-order valence-electron chi connectivity index (χ1n) is 6.52. The summed E-state index contributed by atoms with van der Waals surface area (Å²) in [5, 5.41) is 4.16. The van der Waals surface area contributed by atoms with Gasteiger partial charge in [0.1, 0.15) is 11.4 Å². The highest BCUT2D eigenvalue weighted by atomic mass is 35.5. The molecule has 4 rings (SSSR count). The van der Waals surface area contributed by atoms with Crippen LogP contribution in [0.3, 0.4) is 0 Å². The smallest absolute Gasteiger partial charge is 0.274 e. The van der Waals surface area contributed by atoms with E-state index in [9.17, 15) is 4.79 Å². The van der Waals surface area contributed by atoms with Crippen molar-refractivity contribution in [3.63, 3.8) is 0 Å². The fourth-order valence-electron chi connectivity index (χ4n) is 3.21. The Hall–Kier alpha value is -1.91. The molecule has 3 heterocycles. The van der Waals surface area contributed by atoms with Crippen LogP contribution in [0.15, 0.2) is 42.6 Å². The van der Waals surface area contributed by atoms with Crippen molar-refractivity contribution in [3.8, 4) is 0 Å². The summed E-state index contributed by atoms with van der Waals surface area (Å²) in [6.45, 7) is 1.44. The molecule has 100 valence electrons. The first kappa shape index (κ1) is 11.9. The van der Waals surface area contributed by atoms with Gasteiger partial charge in [0.25, 0.3) is 5.91 Å². The third-order valence-electron chi connectivity index (χ3n) is 4.03. The van der Waals surface area contributed by atoms with Crippen molar-refractivity contribution in [3.05, 3.63) is 64.4 Å². The van der Waals surface area contributed by atoms with Gasteiger partial charge in [0.05, 0.1) is 0 Å². The summed E-state index contributed by atoms with van der Waals surface area (Å²) in [5.41, 5.74) is 1.88. The van der Waals surface area contributed by atoms with Crippen molar-refractivity contribution < 1.29 is 4.79 Å². The number of benzene rings is 1. The van der Waals surface area contributed by atoms with E-state index < -0.39 is 5.66 Å². The number of carbonyl (C=O) groups excluding carboxylic acids is 1. The Kier molecular flexibility index (Phi) is 2.40. The van der Waals surface area contributed by atoms with Crippen LogP contribution in [0.25, 0.3) is 0 Å². The maximum absolute atomic E-state index is 12.5. The summed E-state index contributed by atoms with van der Waals surface area (Å²) in [6.07, 6.45) is 1.66. The lowest BCUT2D eigenvalue weighted by Crippen LogP contribution is -2.46. The van der Waals surface area contributed by atoms with Crippen molar-refractivity contribution >= 4 is 17.5 Å². The van der Waals surface area contributed by atoms with Crippen LogP contribution in [-0.2, 0) is 5.66 Å². The van der Waals surface area contributed by atoms with Crippen LogP contribution in [0.5, 0.6) is 0 Å². The number of halogens is 1. The highest BCUT2D eigenvalue weighted by Gasteiger charge is 2.54. The summed E-state index contributed by atoms with van der Waals surface area (Å²) < 4.78 is 0. The number of rotatable bonds is 1. The van der Waals surface area contributed by atoms with Gasteiger partial charge in [-0.3, -0.25) is 15.1 Å². The summed E-state index contributed by atoms with van der Waals surface area (Å²) in [5.74, 6) is -0.0134. The number of pyridine rings is 1. The van der Waals surface area contributed by atoms with E-state index in [1.165, 1.54) is 0 Å². The summed E-state index contributed by atoms with van der Waals surface area (Å²) in [6, 6.07) is 11.5. The SMILES string of the molecule is O=C1c2ncccc2C2(c3ccc(Cl)cc3)NCCN12. The molecule has 1 atom stereocenters. The third-order valence-corrected chi connectivity index (χ3v) is 4.28. The first-order chi connectivity index (χ1) is 9.73. The van der Waals surface area contributed by atoms with E-state index >= 15 is 0 Å². The van der Waals surface area contributed by atoms with E-state index in [4.69, 9.17) is 11.6 Å². The van der Waals surface area contributed by atoms with Gasteiger partial charge in [-0.2, -0.15) is 0 Å². The number of hydrogen-bond donors (Lipinski definition) is 1. The van der Waals surface area contributed by atoms with Crippen LogP contribution >= 0.6 is 11.6 Å². The van der Waals surface area contributed by atoms with Crippen molar-refractivity contribution in [2.45, 2.75) is 5.66 Å². The molecule has 4 nitrogen and oxygen atoms in total. The number of aromatic nitrogens is 1. The Labute approximate surface area is 121 Å². The van der Waals surface area contributed by atoms with Gasteiger partial charge in [-0.05, 0) is 23.8 Å². The number of nitrogens with one attached hydrogen (secondary N) is 1. The van der Waals surface area contributed by atoms with Gasteiger partial charge in [0.2, 0.25) is 0 Å². The summed E-state index contributed by atoms with van der Waals surface area (Å²) in [4.78, 5) is 18.6. The second-order valence-electron chi connectivity index (χ2n) is 5.00. The molecule has 1 fully saturated rings. The largest absolute Gasteiger partial charge is 0.309 e. The van der Waals surface area contributed by atoms with Gasteiger partial charge >= 0.3 is 0 Å². The Morgan fingerprint density at radius 3 is 2.85 bits per heavy atom. The minimum atomic E-state index is -0.592. The maximum atomic E-state index is 12.5. The minimum absolute atomic E-state index is 0.0134. The maximum Gasteiger partial charge on any atom is 0.274 e. The van der Waals surface area contributed by atoms with Gasteiger partial charge in [-0.1, -0.05) is 29.8 Å². The summed E-state index contributed by atoms with van der Waals surface area (Å²) >= 11 is 5.97. The molecule has 1 saturated heterocycles. The highest BCUT2D eigenvalue weighted by Crippen LogP contribution is 2.43. The standard InChI is InChI=1S/C15H12ClN3O/c16-11-5-3-10(4-6-11)15-12-2-1-7-17-13(12)14(20)19(15)9-8-18-15/h1-7,18H,8-9H2. The fraction of sp³-hybridized carbons (Fsp3) is 0.200. The molecular formula is C15H12ClN3O. The van der Waals surface area contributed by atoms with Gasteiger partial charge in [-0.25, -0.2) is 0 Å². The monoisotopic (exact) mass is 285 g/mol. The molecule has 0 bridgehead atoms. The van der Waals surface area contributed by atoms with Crippen molar-refractivity contribution in [2.75, 3.05) is 13.1 Å². The second-order valence-corrected chi connectivity index (χ2v) is 5.44. The van der Waals surface area contributed by atoms with E-state index in [0.29, 0.717) is 17.3 Å². The molecule has 1 aromatic carbocycles. The molecule has 2 aromatic rings. The fourth-order valence-corrected chi connectivity index (χ4v) is 3.33. The second kappa shape index (κ2) is 4.04. The Balaban J connectivity index is 1.99. The molecule has 20 heavy (non-hydrogen) atoms. The molecule has 2 aliphatic rings. The molecule has 1 aromatic heterocycles. The van der Waals surface area contributed by atoms with E-state index in [1.807, 2.05) is 41.3 Å². The van der Waals surface area contributed by atoms with E-state index in [1.54, 1.807) is 6.20 Å². The lowest BCUT2D eigenvalue weighted by atomic mass is 9.93. The zero-order chi connectivity index (χ0) is 13.7. The summed E-state index contributed by atoms with van der Waals surface area (Å²) in [7, 11) is 0. The minimum Gasteiger partial charge on any atom is -0.309 e. The zero-order valence-electron chi connectivity index (χ0n) is 10.6. The predicted molar refractivity (Wildman–Crippen MR) is 75.5 cm³/mol. The van der Waals surface area contributed by atoms with Gasteiger partial charge < -0.3 is 4.90 Å². The van der Waals surface area contributed by atoms with Gasteiger partial charge in [-0.15, -0.1) is 0 Å². The third kappa shape index (κ3) is 1.35. The molecule has 0 spiro atoms. The molecule has 0 aliphatic carbocycles. The number of amides is 1. The highest BCUT2D eigenvalue weighted by molar-refractivity contribution is 6.30. The number of carbonyl (C=O) groups is 1. The quantitative estimate of drug-likeness (QED) is 0.872. The van der Waals surface area contributed by atoms with Crippen molar-refractivity contribution in [1.82, 2.24) is 15.2 Å². The Morgan fingerprint density at radius 1 is 1.25 bits per heavy atom. The molecule has 1 N–H and O–H groups in total. The van der Waals surface area contributed by atoms with E-state index in [-0.39, 0.29) is 5.91 Å². The Bertz CT molecular complexity index is 701. The van der Waals surface area contributed by atoms with Crippen LogP contribution in [-0.4, -0.2) is 28.9 Å². The molecule has 0 radical (unpaired) electrons. The van der Waals surface area contributed by atoms with E-state index in [0.717, 1.165) is 17.7 Å². The van der Waals surface area contributed by atoms with Crippen molar-refractivity contribution in [2.24, 2.45) is 0 Å². The molecule has 1 unspecified atom stereocenters. The molecule has 1 amide bonds. The number of hydrogen-bond acceptors (Lipinski definition) is 3. The van der Waals surface area contributed by atoms with Crippen LogP contribution in [0, 0.1) is 0 Å². The van der Waals surface area contributed by atoms with Crippen LogP contribution < -0.4 is 5.32 Å². The first-order valence-corrected chi connectivity index (χ1v) is 6.90. The lowest BCUT2D eigenvalue weighted by molar-refractivity contribution is 0.0691. The predicted octanol–water partition coefficient (Wildman–Crippen LogP) is 2.00. The number of fused-ring (bicyclic) bond motifs is 3. The van der Waals surface area contributed by atoms with Crippen LogP contribution in [0.4, 0.5) is 0 Å². The average molecular weight is 286 g/mol. The molecule has 0 saturated carbocycles. The van der Waals surface area contributed by atoms with Gasteiger partial charge in [0, 0.05) is 29.9 Å². The van der Waals surface area contributed by atoms with E-state index in [2.05, 4.69) is 10.3 Å². The molecular weight excluding hydrogens is 274 g/mol. The Morgan fingerprint density at radius 2 is 2.05 bits per heavy atom. The van der Waals surface area contributed by atoms with Crippen LogP contribution in [0.1, 0.15) is 21.6 Å². The topological polar surface area (TPSA) is 45.2 Å².